The molecule has 7 heteroatoms. The van der Waals surface area contributed by atoms with Gasteiger partial charge in [0, 0.05) is 12.3 Å². The molecule has 0 aromatic heterocycles. The molecule has 222 valence electrons. The molecule has 0 aliphatic carbocycles. The fourth-order valence-electron chi connectivity index (χ4n) is 4.24. The lowest BCUT2D eigenvalue weighted by atomic mass is 9.89. The number of Topliss-reactive ketones (excluding diaryl/α,β-unsaturated/α-hetero) is 1. The molecule has 1 aromatic rings. The van der Waals surface area contributed by atoms with E-state index in [1.165, 1.54) is 0 Å². The number of hydrogen-bond acceptors (Lipinski definition) is 6. The third-order valence-corrected chi connectivity index (χ3v) is 7.12. The van der Waals surface area contributed by atoms with Gasteiger partial charge in [-0.3, -0.25) is 14.4 Å². The first-order chi connectivity index (χ1) is 18.4. The normalized spacial score (nSPS) is 16.3. The number of esters is 1. The summed E-state index contributed by atoms with van der Waals surface area (Å²) >= 11 is 0. The number of carbonyl (C=O) groups is 3. The quantitative estimate of drug-likeness (QED) is 0.158. The molecule has 3 unspecified atom stereocenters. The predicted octanol–water partition coefficient (Wildman–Crippen LogP) is 6.47. The molecule has 0 aliphatic heterocycles. The van der Waals surface area contributed by atoms with E-state index in [2.05, 4.69) is 33.0 Å². The van der Waals surface area contributed by atoms with Gasteiger partial charge in [0.15, 0.2) is 12.1 Å². The molecule has 0 aliphatic rings. The van der Waals surface area contributed by atoms with Crippen molar-refractivity contribution in [1.82, 2.24) is 5.32 Å². The molecule has 0 radical (unpaired) electrons. The lowest BCUT2D eigenvalue weighted by Crippen LogP contribution is -2.45. The molecule has 0 saturated heterocycles. The van der Waals surface area contributed by atoms with Gasteiger partial charge in [-0.15, -0.1) is 0 Å². The van der Waals surface area contributed by atoms with E-state index in [1.807, 2.05) is 58.0 Å². The highest BCUT2D eigenvalue weighted by molar-refractivity contribution is 5.91. The summed E-state index contributed by atoms with van der Waals surface area (Å²) < 4.78 is 17.9. The van der Waals surface area contributed by atoms with Crippen LogP contribution in [0, 0.1) is 23.7 Å². The summed E-state index contributed by atoms with van der Waals surface area (Å²) in [6, 6.07) is 8.73. The van der Waals surface area contributed by atoms with Gasteiger partial charge in [-0.2, -0.15) is 0 Å². The van der Waals surface area contributed by atoms with E-state index in [4.69, 9.17) is 14.2 Å². The Hall–Kier alpha value is -2.25. The minimum atomic E-state index is -0.693. The maximum Gasteiger partial charge on any atom is 0.306 e. The van der Waals surface area contributed by atoms with Gasteiger partial charge in [0.05, 0.1) is 30.6 Å². The first-order valence-electron chi connectivity index (χ1n) is 14.7. The van der Waals surface area contributed by atoms with E-state index in [0.29, 0.717) is 5.92 Å². The number of ether oxygens (including phenoxy) is 3. The Kier molecular flexibility index (Phi) is 16.2. The minimum absolute atomic E-state index is 0.00870. The molecule has 0 spiro atoms. The van der Waals surface area contributed by atoms with Crippen molar-refractivity contribution in [3.63, 3.8) is 0 Å². The molecule has 1 rings (SSSR count). The van der Waals surface area contributed by atoms with Crippen LogP contribution in [-0.4, -0.2) is 42.2 Å². The predicted molar refractivity (Wildman–Crippen MR) is 155 cm³/mol. The molecular weight excluding hydrogens is 494 g/mol. The van der Waals surface area contributed by atoms with Crippen LogP contribution in [0.3, 0.4) is 0 Å². The van der Waals surface area contributed by atoms with Crippen molar-refractivity contribution in [2.45, 2.75) is 126 Å². The van der Waals surface area contributed by atoms with E-state index >= 15 is 0 Å². The van der Waals surface area contributed by atoms with E-state index in [-0.39, 0.29) is 55.2 Å². The number of amides is 1. The van der Waals surface area contributed by atoms with Crippen molar-refractivity contribution in [2.24, 2.45) is 23.7 Å². The molecule has 0 heterocycles. The summed E-state index contributed by atoms with van der Waals surface area (Å²) in [7, 11) is 0. The molecule has 7 nitrogen and oxygen atoms in total. The molecular formula is C32H53NO6. The summed E-state index contributed by atoms with van der Waals surface area (Å²) in [6.45, 7) is 18.1. The van der Waals surface area contributed by atoms with Gasteiger partial charge < -0.3 is 19.5 Å². The van der Waals surface area contributed by atoms with E-state index in [9.17, 15) is 14.4 Å². The van der Waals surface area contributed by atoms with Crippen LogP contribution in [0.1, 0.15) is 100.0 Å². The Bertz CT molecular complexity index is 843. The van der Waals surface area contributed by atoms with Gasteiger partial charge in [0.25, 0.3) is 0 Å². The van der Waals surface area contributed by atoms with Gasteiger partial charge in [0.1, 0.15) is 6.61 Å². The minimum Gasteiger partial charge on any atom is -0.461 e. The van der Waals surface area contributed by atoms with Crippen LogP contribution >= 0.6 is 0 Å². The Morgan fingerprint density at radius 2 is 1.38 bits per heavy atom. The van der Waals surface area contributed by atoms with Crippen molar-refractivity contribution in [1.29, 1.82) is 0 Å². The van der Waals surface area contributed by atoms with Gasteiger partial charge >= 0.3 is 5.97 Å². The number of rotatable bonds is 19. The second-order valence-electron chi connectivity index (χ2n) is 11.6. The zero-order chi connectivity index (χ0) is 29.5. The van der Waals surface area contributed by atoms with Crippen LogP contribution in [0.5, 0.6) is 0 Å². The SMILES string of the molecule is CCC(C)OC(OC(C)CC)C(CC(=O)[C@H](C)NC(=O)[C@@H](CC(=O)OCc1ccccc1)C(C)C)CC(C)C. The third-order valence-electron chi connectivity index (χ3n) is 7.12. The Morgan fingerprint density at radius 3 is 1.87 bits per heavy atom. The van der Waals surface area contributed by atoms with Crippen molar-refractivity contribution in [2.75, 3.05) is 0 Å². The first kappa shape index (κ1) is 34.8. The topological polar surface area (TPSA) is 90.9 Å². The van der Waals surface area contributed by atoms with Crippen LogP contribution in [-0.2, 0) is 35.2 Å². The number of benzene rings is 1. The summed E-state index contributed by atoms with van der Waals surface area (Å²) in [5.41, 5.74) is 0.888. The second kappa shape index (κ2) is 18.2. The zero-order valence-corrected chi connectivity index (χ0v) is 25.7. The average molecular weight is 548 g/mol. The fourth-order valence-corrected chi connectivity index (χ4v) is 4.24. The summed E-state index contributed by atoms with van der Waals surface area (Å²) in [6.07, 6.45) is 2.18. The largest absolute Gasteiger partial charge is 0.461 e. The first-order valence-corrected chi connectivity index (χ1v) is 14.7. The summed E-state index contributed by atoms with van der Waals surface area (Å²) in [5, 5.41) is 2.86. The van der Waals surface area contributed by atoms with E-state index < -0.39 is 24.2 Å². The standard InChI is InChI=1S/C32H53NO6/c1-10-23(7)38-32(39-24(8)11-2)27(17-21(3)4)18-29(34)25(9)33-31(36)28(22(5)6)19-30(35)37-20-26-15-13-12-14-16-26/h12-16,21-25,27-28,32H,10-11,17-20H2,1-9H3,(H,33,36)/t23?,24?,25-,27?,28-,32?/m0/s1. The second-order valence-corrected chi connectivity index (χ2v) is 11.6. The van der Waals surface area contributed by atoms with Crippen molar-refractivity contribution in [3.05, 3.63) is 35.9 Å². The zero-order valence-electron chi connectivity index (χ0n) is 25.7. The van der Waals surface area contributed by atoms with Gasteiger partial charge in [-0.1, -0.05) is 71.9 Å². The number of nitrogens with one attached hydrogen (secondary N) is 1. The van der Waals surface area contributed by atoms with Crippen LogP contribution in [0.25, 0.3) is 0 Å². The molecule has 0 fully saturated rings. The molecule has 1 N–H and O–H groups in total. The highest BCUT2D eigenvalue weighted by atomic mass is 16.7. The third kappa shape index (κ3) is 13.6. The molecule has 0 bridgehead atoms. The van der Waals surface area contributed by atoms with Crippen molar-refractivity contribution >= 4 is 17.7 Å². The maximum absolute atomic E-state index is 13.3. The smallest absolute Gasteiger partial charge is 0.306 e. The molecule has 39 heavy (non-hydrogen) atoms. The number of ketones is 1. The molecule has 0 saturated carbocycles. The Morgan fingerprint density at radius 1 is 0.821 bits per heavy atom. The average Bonchev–Trinajstić information content (AvgIpc) is 2.89. The molecule has 1 amide bonds. The lowest BCUT2D eigenvalue weighted by molar-refractivity contribution is -0.217. The summed E-state index contributed by atoms with van der Waals surface area (Å²) in [5.74, 6) is -1.29. The van der Waals surface area contributed by atoms with Crippen LogP contribution in [0.4, 0.5) is 0 Å². The monoisotopic (exact) mass is 547 g/mol. The van der Waals surface area contributed by atoms with E-state index in [1.54, 1.807) is 6.92 Å². The summed E-state index contributed by atoms with van der Waals surface area (Å²) in [4.78, 5) is 39.0. The van der Waals surface area contributed by atoms with Gasteiger partial charge in [-0.25, -0.2) is 0 Å². The number of hydrogen-bond donors (Lipinski definition) is 1. The highest BCUT2D eigenvalue weighted by Gasteiger charge is 2.32. The van der Waals surface area contributed by atoms with E-state index in [0.717, 1.165) is 24.8 Å². The van der Waals surface area contributed by atoms with Gasteiger partial charge in [0.2, 0.25) is 5.91 Å². The van der Waals surface area contributed by atoms with Crippen LogP contribution in [0.2, 0.25) is 0 Å². The fraction of sp³-hybridized carbons (Fsp3) is 0.719. The van der Waals surface area contributed by atoms with Crippen LogP contribution in [0.15, 0.2) is 30.3 Å². The molecule has 1 aromatic carbocycles. The van der Waals surface area contributed by atoms with Gasteiger partial charge in [-0.05, 0) is 57.4 Å². The highest BCUT2D eigenvalue weighted by Crippen LogP contribution is 2.27. The lowest BCUT2D eigenvalue weighted by Gasteiger charge is -2.33. The Labute approximate surface area is 236 Å². The van der Waals surface area contributed by atoms with Crippen molar-refractivity contribution in [3.8, 4) is 0 Å². The number of carbonyl (C=O) groups excluding carboxylic acids is 3. The maximum atomic E-state index is 13.3. The van der Waals surface area contributed by atoms with Crippen molar-refractivity contribution < 1.29 is 28.6 Å². The Balaban J connectivity index is 2.85. The van der Waals surface area contributed by atoms with Crippen LogP contribution < -0.4 is 5.32 Å². The molecule has 5 atom stereocenters.